The molecule has 2 saturated heterocycles. The van der Waals surface area contributed by atoms with Gasteiger partial charge in [-0.3, -0.25) is 9.59 Å². The fraction of sp³-hybridized carbons (Fsp3) is 0.636. The van der Waals surface area contributed by atoms with Crippen molar-refractivity contribution < 1.29 is 14.7 Å². The van der Waals surface area contributed by atoms with E-state index in [0.717, 1.165) is 5.75 Å². The predicted octanol–water partition coefficient (Wildman–Crippen LogP) is 0.219. The fourth-order valence-corrected chi connectivity index (χ4v) is 4.75. The Labute approximate surface area is 114 Å². The molecule has 0 spiro atoms. The number of amides is 1. The fourth-order valence-electron chi connectivity index (χ4n) is 2.14. The average molecular weight is 288 g/mol. The Morgan fingerprint density at radius 3 is 3.11 bits per heavy atom. The molecule has 0 aliphatic carbocycles. The van der Waals surface area contributed by atoms with Crippen molar-refractivity contribution in [2.75, 3.05) is 23.8 Å². The summed E-state index contributed by atoms with van der Waals surface area (Å²) < 4.78 is 0. The quantitative estimate of drug-likeness (QED) is 0.428. The molecule has 5 nitrogen and oxygen atoms in total. The SMILES string of the molecule is C=CCSCC1(C(=O)O)CS[C@@H]2C(N)C(=O)N2C1. The highest BCUT2D eigenvalue weighted by Gasteiger charge is 2.55. The molecule has 3 atom stereocenters. The molecular formula is C11H16N2O3S2. The number of fused-ring (bicyclic) bond motifs is 1. The van der Waals surface area contributed by atoms with E-state index in [2.05, 4.69) is 6.58 Å². The summed E-state index contributed by atoms with van der Waals surface area (Å²) in [7, 11) is 0. The van der Waals surface area contributed by atoms with E-state index < -0.39 is 17.4 Å². The molecule has 18 heavy (non-hydrogen) atoms. The summed E-state index contributed by atoms with van der Waals surface area (Å²) in [4.78, 5) is 24.7. The third-order valence-corrected chi connectivity index (χ3v) is 6.09. The van der Waals surface area contributed by atoms with Gasteiger partial charge in [-0.15, -0.1) is 18.3 Å². The largest absolute Gasteiger partial charge is 0.481 e. The molecule has 2 aliphatic heterocycles. The maximum Gasteiger partial charge on any atom is 0.313 e. The Kier molecular flexibility index (Phi) is 3.93. The Hall–Kier alpha value is -0.660. The van der Waals surface area contributed by atoms with E-state index in [-0.39, 0.29) is 17.8 Å². The zero-order chi connectivity index (χ0) is 13.3. The van der Waals surface area contributed by atoms with Gasteiger partial charge in [0, 0.05) is 23.8 Å². The van der Waals surface area contributed by atoms with E-state index in [9.17, 15) is 14.7 Å². The van der Waals surface area contributed by atoms with Crippen molar-refractivity contribution in [1.82, 2.24) is 4.90 Å². The molecule has 2 rings (SSSR count). The highest BCUT2D eigenvalue weighted by atomic mass is 32.2. The molecule has 100 valence electrons. The lowest BCUT2D eigenvalue weighted by Crippen LogP contribution is -2.72. The maximum atomic E-state index is 11.6. The number of nitrogens with zero attached hydrogens (tertiary/aromatic N) is 1. The van der Waals surface area contributed by atoms with Gasteiger partial charge in [-0.05, 0) is 0 Å². The van der Waals surface area contributed by atoms with Gasteiger partial charge in [-0.1, -0.05) is 6.08 Å². The van der Waals surface area contributed by atoms with Crippen molar-refractivity contribution in [3.63, 3.8) is 0 Å². The van der Waals surface area contributed by atoms with E-state index in [1.165, 1.54) is 23.5 Å². The Morgan fingerprint density at radius 1 is 1.78 bits per heavy atom. The number of carboxylic acids is 1. The molecule has 0 aromatic heterocycles. The Bertz CT molecular complexity index is 390. The van der Waals surface area contributed by atoms with Crippen LogP contribution in [0, 0.1) is 5.41 Å². The number of nitrogens with two attached hydrogens (primary N) is 1. The van der Waals surface area contributed by atoms with Gasteiger partial charge in [0.15, 0.2) is 0 Å². The normalized spacial score (nSPS) is 34.7. The lowest BCUT2D eigenvalue weighted by atomic mass is 9.89. The molecule has 2 aliphatic rings. The lowest BCUT2D eigenvalue weighted by molar-refractivity contribution is -0.155. The predicted molar refractivity (Wildman–Crippen MR) is 73.5 cm³/mol. The first-order chi connectivity index (χ1) is 8.52. The number of β-lactam (4-membered cyclic amide) rings is 1. The third kappa shape index (κ3) is 2.15. The van der Waals surface area contributed by atoms with Crippen LogP contribution in [0.3, 0.4) is 0 Å². The van der Waals surface area contributed by atoms with Crippen LogP contribution in [0.2, 0.25) is 0 Å². The highest BCUT2D eigenvalue weighted by Crippen LogP contribution is 2.42. The smallest absolute Gasteiger partial charge is 0.313 e. The van der Waals surface area contributed by atoms with Gasteiger partial charge in [0.05, 0.1) is 0 Å². The zero-order valence-electron chi connectivity index (χ0n) is 9.87. The maximum absolute atomic E-state index is 11.6. The molecule has 0 aromatic rings. The summed E-state index contributed by atoms with van der Waals surface area (Å²) in [6, 6.07) is -0.456. The molecule has 3 N–H and O–H groups in total. The van der Waals surface area contributed by atoms with Gasteiger partial charge in [0.25, 0.3) is 0 Å². The van der Waals surface area contributed by atoms with Crippen LogP contribution in [0.4, 0.5) is 0 Å². The first-order valence-electron chi connectivity index (χ1n) is 5.61. The standard InChI is InChI=1S/C11H16N2O3S2/c1-2-3-17-5-11(10(15)16)4-13-8(14)7(12)9(13)18-6-11/h2,7,9H,1,3-6,12H2,(H,15,16)/t7?,9-,11?/m1/s1. The number of hydrogen-bond donors (Lipinski definition) is 2. The second-order valence-electron chi connectivity index (χ2n) is 4.58. The lowest BCUT2D eigenvalue weighted by Gasteiger charge is -2.52. The van der Waals surface area contributed by atoms with Crippen LogP contribution in [-0.2, 0) is 9.59 Å². The number of hydrogen-bond acceptors (Lipinski definition) is 5. The highest BCUT2D eigenvalue weighted by molar-refractivity contribution is 8.00. The third-order valence-electron chi connectivity index (χ3n) is 3.25. The van der Waals surface area contributed by atoms with Crippen molar-refractivity contribution in [3.05, 3.63) is 12.7 Å². The van der Waals surface area contributed by atoms with E-state index in [1.807, 2.05) is 0 Å². The van der Waals surface area contributed by atoms with Crippen LogP contribution in [-0.4, -0.2) is 57.1 Å². The Balaban J connectivity index is 2.06. The number of carbonyl (C=O) groups is 2. The van der Waals surface area contributed by atoms with E-state index in [0.29, 0.717) is 11.5 Å². The molecule has 1 amide bonds. The summed E-state index contributed by atoms with van der Waals surface area (Å²) in [5.74, 6) is 0.753. The average Bonchev–Trinajstić information content (AvgIpc) is 2.37. The first kappa shape index (κ1) is 13.8. The van der Waals surface area contributed by atoms with Crippen molar-refractivity contribution in [2.24, 2.45) is 11.1 Å². The number of aliphatic carboxylic acids is 1. The molecule has 2 unspecified atom stereocenters. The number of carboxylic acid groups (broad SMARTS) is 1. The van der Waals surface area contributed by atoms with E-state index in [4.69, 9.17) is 5.73 Å². The van der Waals surface area contributed by atoms with Crippen molar-refractivity contribution in [1.29, 1.82) is 0 Å². The Morgan fingerprint density at radius 2 is 2.50 bits per heavy atom. The molecule has 0 radical (unpaired) electrons. The van der Waals surface area contributed by atoms with E-state index in [1.54, 1.807) is 11.0 Å². The van der Waals surface area contributed by atoms with Crippen LogP contribution in [0.25, 0.3) is 0 Å². The summed E-state index contributed by atoms with van der Waals surface area (Å²) in [5.41, 5.74) is 4.83. The molecule has 2 fully saturated rings. The van der Waals surface area contributed by atoms with Gasteiger partial charge in [0.2, 0.25) is 5.91 Å². The van der Waals surface area contributed by atoms with Crippen LogP contribution in [0.5, 0.6) is 0 Å². The van der Waals surface area contributed by atoms with Gasteiger partial charge in [0.1, 0.15) is 16.8 Å². The second kappa shape index (κ2) is 5.14. The number of rotatable bonds is 5. The minimum atomic E-state index is -0.857. The molecule has 0 bridgehead atoms. The molecular weight excluding hydrogens is 272 g/mol. The van der Waals surface area contributed by atoms with Crippen LogP contribution < -0.4 is 5.73 Å². The van der Waals surface area contributed by atoms with Gasteiger partial charge in [-0.25, -0.2) is 0 Å². The van der Waals surface area contributed by atoms with Crippen LogP contribution >= 0.6 is 23.5 Å². The van der Waals surface area contributed by atoms with Crippen LogP contribution in [0.15, 0.2) is 12.7 Å². The van der Waals surface area contributed by atoms with Crippen molar-refractivity contribution in [2.45, 2.75) is 11.4 Å². The molecule has 2 heterocycles. The zero-order valence-corrected chi connectivity index (χ0v) is 11.5. The molecule has 0 saturated carbocycles. The monoisotopic (exact) mass is 288 g/mol. The van der Waals surface area contributed by atoms with Gasteiger partial charge < -0.3 is 15.7 Å². The van der Waals surface area contributed by atoms with E-state index >= 15 is 0 Å². The van der Waals surface area contributed by atoms with Crippen LogP contribution in [0.1, 0.15) is 0 Å². The summed E-state index contributed by atoms with van der Waals surface area (Å²) >= 11 is 3.01. The number of carbonyl (C=O) groups excluding carboxylic acids is 1. The van der Waals surface area contributed by atoms with Crippen molar-refractivity contribution >= 4 is 35.4 Å². The topological polar surface area (TPSA) is 83.6 Å². The summed E-state index contributed by atoms with van der Waals surface area (Å²) in [5, 5.41) is 9.41. The minimum Gasteiger partial charge on any atom is -0.481 e. The van der Waals surface area contributed by atoms with Gasteiger partial charge in [-0.2, -0.15) is 11.8 Å². The number of thioether (sulfide) groups is 2. The van der Waals surface area contributed by atoms with Gasteiger partial charge >= 0.3 is 5.97 Å². The first-order valence-corrected chi connectivity index (χ1v) is 7.82. The van der Waals surface area contributed by atoms with Crippen molar-refractivity contribution in [3.8, 4) is 0 Å². The minimum absolute atomic E-state index is 0.0330. The summed E-state index contributed by atoms with van der Waals surface area (Å²) in [6.45, 7) is 3.89. The molecule has 0 aromatic carbocycles. The summed E-state index contributed by atoms with van der Waals surface area (Å²) in [6.07, 6.45) is 1.75. The second-order valence-corrected chi connectivity index (χ2v) is 6.72. The molecule has 7 heteroatoms.